The summed E-state index contributed by atoms with van der Waals surface area (Å²) in [6.07, 6.45) is 3.87. The largest absolute Gasteiger partial charge is 0.464 e. The fraction of sp³-hybridized carbons (Fsp3) is 0.379. The van der Waals surface area contributed by atoms with E-state index in [1.165, 1.54) is 6.92 Å². The number of aromatic nitrogens is 1. The molecule has 1 heterocycles. The van der Waals surface area contributed by atoms with Gasteiger partial charge in [-0.05, 0) is 62.9 Å². The summed E-state index contributed by atoms with van der Waals surface area (Å²) >= 11 is 1.62. The monoisotopic (exact) mass is 538 g/mol. The Balaban J connectivity index is 1.68. The summed E-state index contributed by atoms with van der Waals surface area (Å²) in [5, 5.41) is 2.50. The third-order valence-electron chi connectivity index (χ3n) is 5.75. The molecule has 0 spiro atoms. The predicted molar refractivity (Wildman–Crippen MR) is 145 cm³/mol. The van der Waals surface area contributed by atoms with Crippen molar-refractivity contribution in [3.8, 4) is 11.3 Å². The molecule has 3 aromatic rings. The number of hydrogen-bond donors (Lipinski definition) is 1. The Morgan fingerprint density at radius 2 is 1.47 bits per heavy atom. The van der Waals surface area contributed by atoms with E-state index in [9.17, 15) is 14.4 Å². The molecule has 38 heavy (non-hydrogen) atoms. The summed E-state index contributed by atoms with van der Waals surface area (Å²) < 4.78 is 15.8. The third kappa shape index (κ3) is 7.47. The van der Waals surface area contributed by atoms with Crippen LogP contribution in [0.3, 0.4) is 0 Å². The molecule has 202 valence electrons. The summed E-state index contributed by atoms with van der Waals surface area (Å²) in [5.41, 5.74) is 0.840. The zero-order valence-corrected chi connectivity index (χ0v) is 23.1. The number of benzene rings is 2. The fourth-order valence-corrected chi connectivity index (χ4v) is 4.74. The Morgan fingerprint density at radius 1 is 0.895 bits per heavy atom. The second kappa shape index (κ2) is 13.8. The van der Waals surface area contributed by atoms with Crippen LogP contribution in [0, 0.1) is 0 Å². The normalized spacial score (nSPS) is 11.2. The molecular formula is C29H34N2O6S. The zero-order chi connectivity index (χ0) is 27.5. The molecule has 0 atom stereocenters. The minimum absolute atomic E-state index is 0.0141. The van der Waals surface area contributed by atoms with Crippen molar-refractivity contribution >= 4 is 29.6 Å². The van der Waals surface area contributed by atoms with E-state index in [2.05, 4.69) is 17.2 Å². The van der Waals surface area contributed by atoms with Crippen molar-refractivity contribution in [1.82, 2.24) is 10.3 Å². The van der Waals surface area contributed by atoms with Gasteiger partial charge in [-0.1, -0.05) is 43.0 Å². The SMILES string of the molecule is CCCc1nc(-c2ccc(Sc3ccc(CCC(NC(C)=O)(C(=O)OCC)C(=O)OCC)cc3)cc2)co1. The highest BCUT2D eigenvalue weighted by molar-refractivity contribution is 7.99. The Morgan fingerprint density at radius 3 is 2.00 bits per heavy atom. The highest BCUT2D eigenvalue weighted by atomic mass is 32.2. The second-order valence-corrected chi connectivity index (χ2v) is 9.82. The Hall–Kier alpha value is -3.59. The van der Waals surface area contributed by atoms with Crippen LogP contribution in [-0.4, -0.2) is 41.6 Å². The van der Waals surface area contributed by atoms with Gasteiger partial charge in [0, 0.05) is 28.7 Å². The average Bonchev–Trinajstić information content (AvgIpc) is 3.37. The van der Waals surface area contributed by atoms with E-state index in [-0.39, 0.29) is 19.6 Å². The van der Waals surface area contributed by atoms with Gasteiger partial charge in [-0.15, -0.1) is 0 Å². The lowest BCUT2D eigenvalue weighted by Crippen LogP contribution is -2.61. The van der Waals surface area contributed by atoms with Crippen LogP contribution in [0.15, 0.2) is 69.0 Å². The van der Waals surface area contributed by atoms with E-state index in [0.717, 1.165) is 45.3 Å². The molecule has 1 aromatic heterocycles. The van der Waals surface area contributed by atoms with Gasteiger partial charge in [0.2, 0.25) is 11.4 Å². The van der Waals surface area contributed by atoms with Gasteiger partial charge >= 0.3 is 11.9 Å². The van der Waals surface area contributed by atoms with Gasteiger partial charge in [-0.25, -0.2) is 14.6 Å². The second-order valence-electron chi connectivity index (χ2n) is 8.67. The summed E-state index contributed by atoms with van der Waals surface area (Å²) in [4.78, 5) is 44.1. The first-order valence-corrected chi connectivity index (χ1v) is 13.6. The van der Waals surface area contributed by atoms with Gasteiger partial charge in [-0.3, -0.25) is 4.79 Å². The van der Waals surface area contributed by atoms with Gasteiger partial charge in [0.25, 0.3) is 0 Å². The third-order valence-corrected chi connectivity index (χ3v) is 6.77. The highest BCUT2D eigenvalue weighted by Crippen LogP contribution is 2.30. The van der Waals surface area contributed by atoms with E-state index in [0.29, 0.717) is 6.42 Å². The standard InChI is InChI=1S/C29H34N2O6S/c1-5-8-26-30-25(19-37-26)22-11-15-24(16-12-22)38-23-13-9-21(10-14-23)17-18-29(31-20(4)32,27(33)35-6-2)28(34)36-7-3/h9-16,19H,5-8,17-18H2,1-4H3,(H,31,32). The van der Waals surface area contributed by atoms with E-state index in [1.807, 2.05) is 48.5 Å². The Kier molecular flexibility index (Phi) is 10.5. The summed E-state index contributed by atoms with van der Waals surface area (Å²) in [6, 6.07) is 16.0. The fourth-order valence-electron chi connectivity index (χ4n) is 3.92. The summed E-state index contributed by atoms with van der Waals surface area (Å²) in [7, 11) is 0. The van der Waals surface area contributed by atoms with E-state index >= 15 is 0 Å². The number of ether oxygens (including phenoxy) is 2. The maximum absolute atomic E-state index is 12.8. The maximum atomic E-state index is 12.8. The molecule has 1 amide bonds. The van der Waals surface area contributed by atoms with Gasteiger partial charge in [0.1, 0.15) is 12.0 Å². The summed E-state index contributed by atoms with van der Waals surface area (Å²) in [5.74, 6) is -1.42. The summed E-state index contributed by atoms with van der Waals surface area (Å²) in [6.45, 7) is 6.78. The number of carbonyl (C=O) groups excluding carboxylic acids is 3. The van der Waals surface area contributed by atoms with E-state index in [4.69, 9.17) is 13.9 Å². The first kappa shape index (κ1) is 29.0. The number of nitrogens with one attached hydrogen (secondary N) is 1. The molecule has 0 bridgehead atoms. The predicted octanol–water partition coefficient (Wildman–Crippen LogP) is 5.38. The lowest BCUT2D eigenvalue weighted by molar-refractivity contribution is -0.168. The van der Waals surface area contributed by atoms with Gasteiger partial charge in [0.05, 0.1) is 13.2 Å². The number of carbonyl (C=O) groups is 3. The van der Waals surface area contributed by atoms with E-state index < -0.39 is 23.4 Å². The van der Waals surface area contributed by atoms with Crippen LogP contribution in [0.4, 0.5) is 0 Å². The number of nitrogens with zero attached hydrogens (tertiary/aromatic N) is 1. The lowest BCUT2D eigenvalue weighted by atomic mass is 9.90. The van der Waals surface area contributed by atoms with Crippen LogP contribution in [0.5, 0.6) is 0 Å². The maximum Gasteiger partial charge on any atom is 0.343 e. The Labute approximate surface area is 227 Å². The number of rotatable bonds is 13. The van der Waals surface area contributed by atoms with Crippen LogP contribution >= 0.6 is 11.8 Å². The molecule has 0 radical (unpaired) electrons. The van der Waals surface area contributed by atoms with Crippen molar-refractivity contribution in [3.63, 3.8) is 0 Å². The zero-order valence-electron chi connectivity index (χ0n) is 22.2. The van der Waals surface area contributed by atoms with Crippen molar-refractivity contribution in [2.75, 3.05) is 13.2 Å². The van der Waals surface area contributed by atoms with Crippen LogP contribution in [0.1, 0.15) is 52.0 Å². The molecule has 9 heteroatoms. The van der Waals surface area contributed by atoms with Gasteiger partial charge < -0.3 is 19.2 Å². The van der Waals surface area contributed by atoms with Crippen molar-refractivity contribution in [1.29, 1.82) is 0 Å². The van der Waals surface area contributed by atoms with Crippen LogP contribution in [-0.2, 0) is 36.7 Å². The quantitative estimate of drug-likeness (QED) is 0.228. The first-order valence-electron chi connectivity index (χ1n) is 12.8. The number of hydrogen-bond acceptors (Lipinski definition) is 8. The van der Waals surface area contributed by atoms with Crippen molar-refractivity contribution in [2.45, 2.75) is 68.7 Å². The van der Waals surface area contributed by atoms with E-state index in [1.54, 1.807) is 31.9 Å². The van der Waals surface area contributed by atoms with Gasteiger partial charge in [0.15, 0.2) is 5.89 Å². The molecule has 1 N–H and O–H groups in total. The topological polar surface area (TPSA) is 108 Å². The minimum Gasteiger partial charge on any atom is -0.464 e. The number of aryl methyl sites for hydroxylation is 2. The van der Waals surface area contributed by atoms with Crippen molar-refractivity contribution in [3.05, 3.63) is 66.2 Å². The van der Waals surface area contributed by atoms with Crippen molar-refractivity contribution < 1.29 is 28.3 Å². The molecule has 8 nitrogen and oxygen atoms in total. The Bertz CT molecular complexity index is 1200. The van der Waals surface area contributed by atoms with Crippen LogP contribution in [0.25, 0.3) is 11.3 Å². The average molecular weight is 539 g/mol. The first-order chi connectivity index (χ1) is 18.3. The molecule has 0 aliphatic rings. The highest BCUT2D eigenvalue weighted by Gasteiger charge is 2.49. The van der Waals surface area contributed by atoms with Crippen LogP contribution in [0.2, 0.25) is 0 Å². The molecule has 0 aliphatic carbocycles. The molecule has 0 fully saturated rings. The smallest absolute Gasteiger partial charge is 0.343 e. The molecular weight excluding hydrogens is 504 g/mol. The minimum atomic E-state index is -1.89. The molecule has 3 rings (SSSR count). The number of amides is 1. The molecule has 0 unspecified atom stereocenters. The molecule has 0 saturated carbocycles. The number of oxazole rings is 1. The van der Waals surface area contributed by atoms with Crippen molar-refractivity contribution in [2.24, 2.45) is 0 Å². The molecule has 0 aliphatic heterocycles. The van der Waals surface area contributed by atoms with Gasteiger partial charge in [-0.2, -0.15) is 0 Å². The number of esters is 2. The van der Waals surface area contributed by atoms with Crippen LogP contribution < -0.4 is 5.32 Å². The molecule has 2 aromatic carbocycles. The lowest BCUT2D eigenvalue weighted by Gasteiger charge is -2.29. The molecule has 0 saturated heterocycles.